The molecule has 8 bridgehead atoms. The minimum absolute atomic E-state index is 0.00255. The molecule has 4 aromatic rings. The number of hydrogen-bond donors (Lipinski definition) is 0. The van der Waals surface area contributed by atoms with Crippen LogP contribution in [0.4, 0.5) is 0 Å². The van der Waals surface area contributed by atoms with Crippen LogP contribution in [0.2, 0.25) is 0 Å². The summed E-state index contributed by atoms with van der Waals surface area (Å²) in [4.78, 5) is 0. The van der Waals surface area contributed by atoms with E-state index in [-0.39, 0.29) is 46.3 Å². The van der Waals surface area contributed by atoms with E-state index in [1.54, 1.807) is 0 Å². The third kappa shape index (κ3) is 12.8. The molecule has 0 saturated carbocycles. The molecule has 0 N–H and O–H groups in total. The normalized spacial score (nSPS) is 22.7. The van der Waals surface area contributed by atoms with Crippen molar-refractivity contribution in [3.05, 3.63) is 93.0 Å². The lowest BCUT2D eigenvalue weighted by Crippen LogP contribution is -2.20. The summed E-state index contributed by atoms with van der Waals surface area (Å²) in [6.07, 6.45) is 22.5. The minimum Gasteiger partial charge on any atom is -0.438 e. The van der Waals surface area contributed by atoms with Gasteiger partial charge in [0.05, 0.1) is 0 Å². The standard InChI is InChI=1S/C64H92O8P4/c1-13-17-21-25-29-45-49-33-51-46(30-26-22-18-14-2)53-35-55-48(32-28-24-20-16-4)56-36-54-47(31-27-23-19-15-3)52-34-50(45)58-38-60(52)68-75(43(9)10)70-62(54)40-64(56)72-76(44(11)12)71-63(55)39-61(53)69-74(42(7)8)67-59(51)37-57(49)65-73(66-58)41(5)6/h33-48H,13-32H2,1-12H3. The van der Waals surface area contributed by atoms with Gasteiger partial charge in [-0.1, -0.05) is 186 Å². The van der Waals surface area contributed by atoms with Crippen molar-refractivity contribution in [2.45, 2.75) is 258 Å². The van der Waals surface area contributed by atoms with Gasteiger partial charge in [0.15, 0.2) is 0 Å². The molecule has 4 heterocycles. The maximum Gasteiger partial charge on any atom is 0.293 e. The smallest absolute Gasteiger partial charge is 0.293 e. The number of benzene rings is 4. The zero-order valence-corrected chi connectivity index (χ0v) is 52.0. The molecule has 0 fully saturated rings. The van der Waals surface area contributed by atoms with E-state index in [0.29, 0.717) is 0 Å². The number of rotatable bonds is 24. The number of unbranched alkanes of at least 4 members (excludes halogenated alkanes) is 12. The van der Waals surface area contributed by atoms with Crippen LogP contribution >= 0.6 is 33.5 Å². The second-order valence-electron chi connectivity index (χ2n) is 23.6. The van der Waals surface area contributed by atoms with Gasteiger partial charge in [0.2, 0.25) is 0 Å². The van der Waals surface area contributed by atoms with Crippen LogP contribution in [0.3, 0.4) is 0 Å². The van der Waals surface area contributed by atoms with E-state index in [1.165, 1.54) is 122 Å². The van der Waals surface area contributed by atoms with Crippen LogP contribution in [0.25, 0.3) is 0 Å². The van der Waals surface area contributed by atoms with Crippen molar-refractivity contribution in [2.75, 3.05) is 0 Å². The molecule has 4 aromatic carbocycles. The molecule has 9 rings (SSSR count). The molecule has 0 saturated heterocycles. The van der Waals surface area contributed by atoms with Crippen LogP contribution in [-0.2, 0) is 0 Å². The van der Waals surface area contributed by atoms with Gasteiger partial charge in [-0.25, -0.2) is 0 Å². The van der Waals surface area contributed by atoms with Gasteiger partial charge in [-0.15, -0.1) is 0 Å². The minimum atomic E-state index is -1.43. The molecule has 8 nitrogen and oxygen atoms in total. The van der Waals surface area contributed by atoms with Gasteiger partial charge in [-0.05, 0) is 49.9 Å². The summed E-state index contributed by atoms with van der Waals surface area (Å²) in [6, 6.07) is 19.3. The molecule has 76 heavy (non-hydrogen) atoms. The van der Waals surface area contributed by atoms with Crippen LogP contribution in [0.5, 0.6) is 46.0 Å². The number of hydrogen-bond acceptors (Lipinski definition) is 8. The Balaban J connectivity index is 1.44. The predicted molar refractivity (Wildman–Crippen MR) is 321 cm³/mol. The Morgan fingerprint density at radius 2 is 0.434 bits per heavy atom. The lowest BCUT2D eigenvalue weighted by Gasteiger charge is -2.38. The predicted octanol–water partition coefficient (Wildman–Crippen LogP) is 22.4. The second kappa shape index (κ2) is 26.5. The van der Waals surface area contributed by atoms with Crippen molar-refractivity contribution in [2.24, 2.45) is 0 Å². The van der Waals surface area contributed by atoms with Crippen LogP contribution in [0.1, 0.15) is 280 Å². The van der Waals surface area contributed by atoms with E-state index < -0.39 is 33.5 Å². The van der Waals surface area contributed by atoms with Gasteiger partial charge in [0.25, 0.3) is 33.5 Å². The summed E-state index contributed by atoms with van der Waals surface area (Å²) in [5.74, 6) is 7.08. The fourth-order valence-electron chi connectivity index (χ4n) is 11.9. The first-order valence-electron chi connectivity index (χ1n) is 30.1. The Kier molecular flexibility index (Phi) is 20.1. The van der Waals surface area contributed by atoms with Gasteiger partial charge in [-0.3, -0.25) is 0 Å². The fourth-order valence-corrected chi connectivity index (χ4v) is 16.6. The highest BCUT2D eigenvalue weighted by atomic mass is 31.2. The average molecular weight is 1110 g/mol. The molecule has 416 valence electrons. The summed E-state index contributed by atoms with van der Waals surface area (Å²) in [5.41, 5.74) is 10.4. The highest BCUT2D eigenvalue weighted by Gasteiger charge is 2.42. The lowest BCUT2D eigenvalue weighted by molar-refractivity contribution is 0.425. The van der Waals surface area contributed by atoms with Crippen molar-refractivity contribution in [1.82, 2.24) is 0 Å². The van der Waals surface area contributed by atoms with E-state index in [4.69, 9.17) is 36.2 Å². The van der Waals surface area contributed by atoms with Crippen LogP contribution in [-0.4, -0.2) is 22.6 Å². The van der Waals surface area contributed by atoms with Crippen molar-refractivity contribution < 1.29 is 36.2 Å². The second-order valence-corrected chi connectivity index (χ2v) is 31.4. The molecule has 5 aliphatic rings. The van der Waals surface area contributed by atoms with E-state index >= 15 is 0 Å². The van der Waals surface area contributed by atoms with Crippen molar-refractivity contribution in [3.8, 4) is 46.0 Å². The summed E-state index contributed by atoms with van der Waals surface area (Å²) >= 11 is 0. The van der Waals surface area contributed by atoms with Gasteiger partial charge >= 0.3 is 0 Å². The topological polar surface area (TPSA) is 73.8 Å². The van der Waals surface area contributed by atoms with Crippen molar-refractivity contribution >= 4 is 33.5 Å². The molecule has 12 heteroatoms. The molecule has 0 amide bonds. The molecule has 0 spiro atoms. The SMILES string of the molecule is CCCCCCC1c2cc3c4cc2OP(C(C)C)Oc2cc5c(cc21)C(CCCCCC)c1cc2c(cc1OP(C(C)C)O5)OP(C(C)C)Oc1cc(c(cc1C2CCCCCC)C3CCCCCC)OP(C(C)C)O4. The molecule has 0 aromatic heterocycles. The molecule has 0 unspecified atom stereocenters. The Morgan fingerprint density at radius 3 is 0.579 bits per heavy atom. The van der Waals surface area contributed by atoms with Gasteiger partial charge in [-0.2, -0.15) is 0 Å². The van der Waals surface area contributed by atoms with Gasteiger partial charge in [0.1, 0.15) is 46.0 Å². The Hall–Kier alpha value is -3.00. The lowest BCUT2D eigenvalue weighted by atomic mass is 9.76. The quantitative estimate of drug-likeness (QED) is 0.0508. The molecular weight excluding hydrogens is 1020 g/mol. The highest BCUT2D eigenvalue weighted by molar-refractivity contribution is 7.49. The molecular formula is C64H92O8P4. The Bertz CT molecular complexity index is 2110. The summed E-state index contributed by atoms with van der Waals surface area (Å²) < 4.78 is 59.0. The van der Waals surface area contributed by atoms with E-state index in [2.05, 4.69) is 132 Å². The van der Waals surface area contributed by atoms with Crippen LogP contribution in [0.15, 0.2) is 48.5 Å². The molecule has 4 aliphatic heterocycles. The largest absolute Gasteiger partial charge is 0.438 e. The van der Waals surface area contributed by atoms with Crippen molar-refractivity contribution in [1.29, 1.82) is 0 Å². The third-order valence-electron chi connectivity index (χ3n) is 16.2. The van der Waals surface area contributed by atoms with Gasteiger partial charge < -0.3 is 36.2 Å². The fraction of sp³-hybridized carbons (Fsp3) is 0.625. The monoisotopic (exact) mass is 1110 g/mol. The molecule has 1 aliphatic carbocycles. The molecule has 0 atom stereocenters. The summed E-state index contributed by atoms with van der Waals surface area (Å²) in [7, 11) is -5.71. The maximum atomic E-state index is 7.37. The third-order valence-corrected chi connectivity index (χ3v) is 22.5. The van der Waals surface area contributed by atoms with E-state index in [1.807, 2.05) is 0 Å². The van der Waals surface area contributed by atoms with Crippen LogP contribution in [0, 0.1) is 0 Å². The summed E-state index contributed by atoms with van der Waals surface area (Å²) in [6.45, 7) is 27.1. The first-order chi connectivity index (χ1) is 36.8. The first-order valence-corrected chi connectivity index (χ1v) is 35.1. The van der Waals surface area contributed by atoms with Gasteiger partial charge in [0, 0.05) is 115 Å². The zero-order chi connectivity index (χ0) is 53.6. The average Bonchev–Trinajstić information content (AvgIpc) is 3.37. The van der Waals surface area contributed by atoms with Crippen LogP contribution < -0.4 is 36.2 Å². The zero-order valence-electron chi connectivity index (χ0n) is 48.4. The highest BCUT2D eigenvalue weighted by Crippen LogP contribution is 2.64. The van der Waals surface area contributed by atoms with E-state index in [0.717, 1.165) is 97.4 Å². The summed E-state index contributed by atoms with van der Waals surface area (Å²) in [5, 5.41) is 0. The Morgan fingerprint density at radius 1 is 0.263 bits per heavy atom. The van der Waals surface area contributed by atoms with E-state index in [9.17, 15) is 0 Å². The van der Waals surface area contributed by atoms with Crippen molar-refractivity contribution in [3.63, 3.8) is 0 Å². The molecule has 0 radical (unpaired) electrons. The maximum absolute atomic E-state index is 7.37. The first kappa shape index (κ1) is 57.7. The Labute approximate surface area is 464 Å².